The van der Waals surface area contributed by atoms with Crippen LogP contribution in [-0.4, -0.2) is 38.3 Å². The van der Waals surface area contributed by atoms with Crippen molar-refractivity contribution in [2.24, 2.45) is 0 Å². The first-order valence-electron chi connectivity index (χ1n) is 4.33. The molecule has 0 aromatic carbocycles. The van der Waals surface area contributed by atoms with E-state index in [4.69, 9.17) is 10.1 Å². The van der Waals surface area contributed by atoms with E-state index in [0.717, 1.165) is 0 Å². The molecule has 1 aromatic rings. The Hall–Kier alpha value is -1.99. The maximum absolute atomic E-state index is 10.5. The van der Waals surface area contributed by atoms with Gasteiger partial charge < -0.3 is 0 Å². The summed E-state index contributed by atoms with van der Waals surface area (Å²) in [6, 6.07) is 0. The van der Waals surface area contributed by atoms with Gasteiger partial charge in [-0.15, -0.1) is 0 Å². The van der Waals surface area contributed by atoms with Crippen LogP contribution in [0.3, 0.4) is 0 Å². The third-order valence-corrected chi connectivity index (χ3v) is 1.59. The Balaban J connectivity index is 0.000000487. The number of hydrogen-bond donors (Lipinski definition) is 2. The first-order chi connectivity index (χ1) is 7.43. The first-order valence-corrected chi connectivity index (χ1v) is 4.33. The molecule has 0 atom stereocenters. The number of aliphatic hydroxyl groups excluding tert-OH is 1. The minimum absolute atomic E-state index is 0.0144. The maximum atomic E-state index is 10.5. The Morgan fingerprint density at radius 2 is 1.69 bits per heavy atom. The van der Waals surface area contributed by atoms with E-state index in [1.165, 1.54) is 0 Å². The summed E-state index contributed by atoms with van der Waals surface area (Å²) >= 11 is 0. The van der Waals surface area contributed by atoms with Crippen molar-refractivity contribution in [3.05, 3.63) is 27.3 Å². The summed E-state index contributed by atoms with van der Waals surface area (Å²) in [6.07, 6.45) is 0.556. The van der Waals surface area contributed by atoms with Crippen LogP contribution >= 0.6 is 0 Å². The predicted octanol–water partition coefficient (Wildman–Crippen LogP) is 0.0402. The van der Waals surface area contributed by atoms with E-state index in [9.17, 15) is 10.1 Å². The SMILES string of the molecule is Cc1nc(C)c([N+](=O)[O-])c(C)n1.OB=CO. The van der Waals surface area contributed by atoms with Gasteiger partial charge in [-0.2, -0.15) is 0 Å². The van der Waals surface area contributed by atoms with Gasteiger partial charge in [-0.1, -0.05) is 0 Å². The predicted molar refractivity (Wildman–Crippen MR) is 58.9 cm³/mol. The van der Waals surface area contributed by atoms with Crippen molar-refractivity contribution < 1.29 is 15.1 Å². The molecule has 0 bridgehead atoms. The molecule has 1 aromatic heterocycles. The molecule has 0 saturated heterocycles. The molecule has 8 heteroatoms. The zero-order valence-electron chi connectivity index (χ0n) is 9.21. The Morgan fingerprint density at radius 1 is 1.31 bits per heavy atom. The van der Waals surface area contributed by atoms with Crippen LogP contribution in [0, 0.1) is 30.9 Å². The van der Waals surface area contributed by atoms with Gasteiger partial charge in [0, 0.05) is 0 Å². The van der Waals surface area contributed by atoms with Crippen molar-refractivity contribution in [2.75, 3.05) is 0 Å². The molecule has 86 valence electrons. The summed E-state index contributed by atoms with van der Waals surface area (Å²) in [5.74, 6) is 0.565. The summed E-state index contributed by atoms with van der Waals surface area (Å²) < 4.78 is 0. The van der Waals surface area contributed by atoms with Gasteiger partial charge in [-0.25, -0.2) is 9.97 Å². The molecule has 7 nitrogen and oxygen atoms in total. The van der Waals surface area contributed by atoms with Crippen LogP contribution in [-0.2, 0) is 0 Å². The van der Waals surface area contributed by atoms with Gasteiger partial charge in [-0.3, -0.25) is 10.1 Å². The summed E-state index contributed by atoms with van der Waals surface area (Å²) in [5.41, 5.74) is 0.857. The summed E-state index contributed by atoms with van der Waals surface area (Å²) in [6.45, 7) is 4.93. The van der Waals surface area contributed by atoms with Gasteiger partial charge >= 0.3 is 29.1 Å². The van der Waals surface area contributed by atoms with Crippen LogP contribution < -0.4 is 0 Å². The van der Waals surface area contributed by atoms with E-state index in [1.807, 2.05) is 0 Å². The number of nitro groups is 1. The summed E-state index contributed by atoms with van der Waals surface area (Å²) in [5, 5.41) is 25.4. The molecule has 0 saturated carbocycles. The zero-order valence-corrected chi connectivity index (χ0v) is 9.21. The number of aryl methyl sites for hydroxylation is 3. The molecule has 0 aliphatic heterocycles. The van der Waals surface area contributed by atoms with Crippen molar-refractivity contribution in [2.45, 2.75) is 20.8 Å². The van der Waals surface area contributed by atoms with Gasteiger partial charge in [0.25, 0.3) is 0 Å². The molecule has 1 rings (SSSR count). The Bertz CT molecular complexity index is 381. The second kappa shape index (κ2) is 6.49. The van der Waals surface area contributed by atoms with Gasteiger partial charge in [0.05, 0.1) is 4.92 Å². The van der Waals surface area contributed by atoms with Crippen LogP contribution in [0.4, 0.5) is 5.69 Å². The van der Waals surface area contributed by atoms with Crippen molar-refractivity contribution >= 4 is 19.0 Å². The topological polar surface area (TPSA) is 109 Å². The molecule has 2 N–H and O–H groups in total. The number of aliphatic hydroxyl groups is 1. The molecule has 0 unspecified atom stereocenters. The van der Waals surface area contributed by atoms with E-state index in [0.29, 0.717) is 30.5 Å². The fourth-order valence-electron chi connectivity index (χ4n) is 1.14. The summed E-state index contributed by atoms with van der Waals surface area (Å²) in [7, 11) is 0.556. The van der Waals surface area contributed by atoms with Gasteiger partial charge in [-0.05, 0) is 20.8 Å². The van der Waals surface area contributed by atoms with E-state index in [-0.39, 0.29) is 5.69 Å². The van der Waals surface area contributed by atoms with E-state index < -0.39 is 4.92 Å². The Labute approximate surface area is 92.9 Å². The normalized spacial score (nSPS) is 9.19. The Kier molecular flexibility index (Phi) is 5.68. The third-order valence-electron chi connectivity index (χ3n) is 1.59. The molecular formula is C8H12BN3O4. The molecule has 1 heterocycles. The van der Waals surface area contributed by atoms with E-state index in [2.05, 4.69) is 9.97 Å². The fraction of sp³-hybridized carbons (Fsp3) is 0.375. The van der Waals surface area contributed by atoms with Crippen LogP contribution in [0.15, 0.2) is 0 Å². The molecule has 0 aliphatic carbocycles. The number of nitrogens with zero attached hydrogens (tertiary/aromatic N) is 3. The van der Waals surface area contributed by atoms with Gasteiger partial charge in [0.1, 0.15) is 17.2 Å². The van der Waals surface area contributed by atoms with Crippen LogP contribution in [0.2, 0.25) is 0 Å². The van der Waals surface area contributed by atoms with Gasteiger partial charge in [0.2, 0.25) is 0 Å². The Morgan fingerprint density at radius 3 is 1.94 bits per heavy atom. The fourth-order valence-corrected chi connectivity index (χ4v) is 1.14. The van der Waals surface area contributed by atoms with Crippen molar-refractivity contribution in [1.29, 1.82) is 0 Å². The molecule has 0 aliphatic rings. The molecular weight excluding hydrogens is 213 g/mol. The average Bonchev–Trinajstić information content (AvgIpc) is 2.15. The van der Waals surface area contributed by atoms with E-state index >= 15 is 0 Å². The first kappa shape index (κ1) is 14.0. The number of rotatable bonds is 1. The molecule has 0 spiro atoms. The molecule has 0 radical (unpaired) electrons. The average molecular weight is 225 g/mol. The quantitative estimate of drug-likeness (QED) is 0.396. The number of hydrogen-bond acceptors (Lipinski definition) is 6. The summed E-state index contributed by atoms with van der Waals surface area (Å²) in [4.78, 5) is 17.8. The van der Waals surface area contributed by atoms with Gasteiger partial charge in [0.15, 0.2) is 0 Å². The van der Waals surface area contributed by atoms with Crippen LogP contribution in [0.1, 0.15) is 17.2 Å². The van der Waals surface area contributed by atoms with Crippen molar-refractivity contribution in [3.8, 4) is 0 Å². The molecule has 16 heavy (non-hydrogen) atoms. The van der Waals surface area contributed by atoms with Crippen molar-refractivity contribution in [1.82, 2.24) is 9.97 Å². The van der Waals surface area contributed by atoms with Crippen LogP contribution in [0.25, 0.3) is 0 Å². The second-order valence-electron chi connectivity index (χ2n) is 2.85. The standard InChI is InChI=1S/C7H9N3O2.CH3BO2/c1-4-7(10(11)12)5(2)9-6(3)8-4;3-1-2-4/h1-3H3;1,3-4H. The second-order valence-corrected chi connectivity index (χ2v) is 2.85. The monoisotopic (exact) mass is 225 g/mol. The third kappa shape index (κ3) is 4.03. The zero-order chi connectivity index (χ0) is 12.7. The van der Waals surface area contributed by atoms with E-state index in [1.54, 1.807) is 20.8 Å². The minimum atomic E-state index is -0.454. The molecule has 0 amide bonds. The van der Waals surface area contributed by atoms with Crippen molar-refractivity contribution in [3.63, 3.8) is 0 Å². The molecule has 0 fully saturated rings. The number of aromatic nitrogens is 2. The van der Waals surface area contributed by atoms with Crippen LogP contribution in [0.5, 0.6) is 0 Å².